The molecule has 0 saturated heterocycles. The first-order valence-corrected chi connectivity index (χ1v) is 5.27. The Balaban J connectivity index is 2.91. The Kier molecular flexibility index (Phi) is 4.82. The van der Waals surface area contributed by atoms with E-state index in [1.807, 2.05) is 0 Å². The predicted octanol–water partition coefficient (Wildman–Crippen LogP) is -0.0267. The first kappa shape index (κ1) is 14.1. The maximum atomic E-state index is 11.4. The second-order valence-electron chi connectivity index (χ2n) is 3.69. The van der Waals surface area contributed by atoms with Gasteiger partial charge in [-0.05, 0) is 17.7 Å². The molecular formula is C12H16N2O4. The first-order chi connectivity index (χ1) is 8.51. The molecule has 0 fully saturated rings. The third-order valence-corrected chi connectivity index (χ3v) is 2.59. The SMILES string of the molecule is COC(=O)[C@@H](OC)[C@@H](N)c1ccc(C(N)=O)cc1. The van der Waals surface area contributed by atoms with E-state index in [2.05, 4.69) is 4.74 Å². The number of ether oxygens (including phenoxy) is 2. The van der Waals surface area contributed by atoms with Gasteiger partial charge >= 0.3 is 5.97 Å². The van der Waals surface area contributed by atoms with Crippen LogP contribution in [0, 0.1) is 0 Å². The molecule has 0 aromatic heterocycles. The summed E-state index contributed by atoms with van der Waals surface area (Å²) in [5, 5.41) is 0. The van der Waals surface area contributed by atoms with E-state index in [-0.39, 0.29) is 0 Å². The summed E-state index contributed by atoms with van der Waals surface area (Å²) in [7, 11) is 2.64. The normalized spacial score (nSPS) is 13.7. The minimum absolute atomic E-state index is 0.373. The number of amides is 1. The minimum atomic E-state index is -0.894. The number of methoxy groups -OCH3 is 2. The number of carbonyl (C=O) groups is 2. The highest BCUT2D eigenvalue weighted by molar-refractivity contribution is 5.92. The monoisotopic (exact) mass is 252 g/mol. The van der Waals surface area contributed by atoms with Crippen molar-refractivity contribution >= 4 is 11.9 Å². The minimum Gasteiger partial charge on any atom is -0.467 e. The van der Waals surface area contributed by atoms with Gasteiger partial charge in [-0.15, -0.1) is 0 Å². The Labute approximate surface area is 105 Å². The van der Waals surface area contributed by atoms with Gasteiger partial charge in [-0.25, -0.2) is 4.79 Å². The smallest absolute Gasteiger partial charge is 0.336 e. The van der Waals surface area contributed by atoms with E-state index in [9.17, 15) is 9.59 Å². The maximum Gasteiger partial charge on any atom is 0.336 e. The van der Waals surface area contributed by atoms with Crippen LogP contribution in [0.2, 0.25) is 0 Å². The molecule has 0 aliphatic rings. The van der Waals surface area contributed by atoms with Crippen molar-refractivity contribution in [1.82, 2.24) is 0 Å². The van der Waals surface area contributed by atoms with Crippen LogP contribution in [0.15, 0.2) is 24.3 Å². The summed E-state index contributed by atoms with van der Waals surface area (Å²) >= 11 is 0. The van der Waals surface area contributed by atoms with E-state index in [0.717, 1.165) is 0 Å². The molecule has 1 rings (SSSR count). The van der Waals surface area contributed by atoms with Gasteiger partial charge in [0.15, 0.2) is 6.10 Å². The highest BCUT2D eigenvalue weighted by atomic mass is 16.6. The Hall–Kier alpha value is -1.92. The van der Waals surface area contributed by atoms with Crippen LogP contribution in [-0.4, -0.2) is 32.2 Å². The van der Waals surface area contributed by atoms with Gasteiger partial charge in [-0.2, -0.15) is 0 Å². The molecule has 18 heavy (non-hydrogen) atoms. The summed E-state index contributed by atoms with van der Waals surface area (Å²) in [4.78, 5) is 22.4. The summed E-state index contributed by atoms with van der Waals surface area (Å²) in [6, 6.07) is 5.66. The van der Waals surface area contributed by atoms with Crippen molar-refractivity contribution in [1.29, 1.82) is 0 Å². The molecule has 2 atom stereocenters. The second-order valence-corrected chi connectivity index (χ2v) is 3.69. The quantitative estimate of drug-likeness (QED) is 0.716. The lowest BCUT2D eigenvalue weighted by Crippen LogP contribution is -2.36. The lowest BCUT2D eigenvalue weighted by Gasteiger charge is -2.20. The van der Waals surface area contributed by atoms with Crippen LogP contribution in [0.3, 0.4) is 0 Å². The van der Waals surface area contributed by atoms with Gasteiger partial charge in [0.25, 0.3) is 0 Å². The van der Waals surface area contributed by atoms with Gasteiger partial charge in [0.05, 0.1) is 13.2 Å². The Morgan fingerprint density at radius 3 is 2.11 bits per heavy atom. The molecule has 0 radical (unpaired) electrons. The van der Waals surface area contributed by atoms with Crippen LogP contribution in [0.4, 0.5) is 0 Å². The number of hydrogen-bond donors (Lipinski definition) is 2. The number of nitrogens with two attached hydrogens (primary N) is 2. The highest BCUT2D eigenvalue weighted by Gasteiger charge is 2.27. The summed E-state index contributed by atoms with van der Waals surface area (Å²) in [5.74, 6) is -1.07. The van der Waals surface area contributed by atoms with Crippen molar-refractivity contribution < 1.29 is 19.1 Å². The molecule has 0 spiro atoms. The Morgan fingerprint density at radius 2 is 1.72 bits per heavy atom. The lowest BCUT2D eigenvalue weighted by molar-refractivity contribution is -0.153. The fourth-order valence-corrected chi connectivity index (χ4v) is 1.55. The molecule has 1 aromatic carbocycles. The largest absolute Gasteiger partial charge is 0.467 e. The first-order valence-electron chi connectivity index (χ1n) is 5.27. The van der Waals surface area contributed by atoms with E-state index in [1.54, 1.807) is 24.3 Å². The molecule has 0 aliphatic carbocycles. The van der Waals surface area contributed by atoms with Crippen LogP contribution in [0.25, 0.3) is 0 Å². The molecule has 0 saturated carbocycles. The molecule has 6 heteroatoms. The van der Waals surface area contributed by atoms with Crippen LogP contribution >= 0.6 is 0 Å². The van der Waals surface area contributed by atoms with E-state index in [1.165, 1.54) is 14.2 Å². The standard InChI is InChI=1S/C12H16N2O4/c1-17-10(12(16)18-2)9(13)7-3-5-8(6-4-7)11(14)15/h3-6,9-10H,13H2,1-2H3,(H2,14,15)/t9-,10-/m0/s1. The molecular weight excluding hydrogens is 236 g/mol. The van der Waals surface area contributed by atoms with Crippen molar-refractivity contribution in [3.05, 3.63) is 35.4 Å². The summed E-state index contributed by atoms with van der Waals surface area (Å²) < 4.78 is 9.60. The maximum absolute atomic E-state index is 11.4. The molecule has 1 aromatic rings. The van der Waals surface area contributed by atoms with Gasteiger partial charge in [0.2, 0.25) is 5.91 Å². The van der Waals surface area contributed by atoms with E-state index < -0.39 is 24.0 Å². The lowest BCUT2D eigenvalue weighted by atomic mass is 10.0. The summed E-state index contributed by atoms with van der Waals surface area (Å²) in [6.07, 6.45) is -0.894. The van der Waals surface area contributed by atoms with Crippen molar-refractivity contribution in [2.45, 2.75) is 12.1 Å². The number of benzene rings is 1. The fourth-order valence-electron chi connectivity index (χ4n) is 1.55. The topological polar surface area (TPSA) is 105 Å². The van der Waals surface area contributed by atoms with Crippen LogP contribution in [0.5, 0.6) is 0 Å². The molecule has 0 unspecified atom stereocenters. The van der Waals surface area contributed by atoms with Gasteiger partial charge in [-0.3, -0.25) is 4.79 Å². The van der Waals surface area contributed by atoms with Crippen LogP contribution in [-0.2, 0) is 14.3 Å². The predicted molar refractivity (Wildman–Crippen MR) is 64.7 cm³/mol. The molecule has 0 heterocycles. The van der Waals surface area contributed by atoms with Crippen molar-refractivity contribution in [2.75, 3.05) is 14.2 Å². The Morgan fingerprint density at radius 1 is 1.17 bits per heavy atom. The van der Waals surface area contributed by atoms with E-state index in [4.69, 9.17) is 16.2 Å². The zero-order valence-corrected chi connectivity index (χ0v) is 10.3. The number of primary amides is 1. The van der Waals surface area contributed by atoms with Gasteiger partial charge in [-0.1, -0.05) is 12.1 Å². The molecule has 0 aliphatic heterocycles. The average molecular weight is 252 g/mol. The zero-order chi connectivity index (χ0) is 13.7. The van der Waals surface area contributed by atoms with Crippen LogP contribution < -0.4 is 11.5 Å². The molecule has 1 amide bonds. The van der Waals surface area contributed by atoms with Crippen molar-refractivity contribution in [2.24, 2.45) is 11.5 Å². The molecule has 98 valence electrons. The van der Waals surface area contributed by atoms with E-state index in [0.29, 0.717) is 11.1 Å². The number of hydrogen-bond acceptors (Lipinski definition) is 5. The Bertz CT molecular complexity index is 430. The summed E-state index contributed by atoms with van der Waals surface area (Å²) in [5.41, 5.74) is 12.1. The van der Waals surface area contributed by atoms with Gasteiger partial charge in [0.1, 0.15) is 0 Å². The average Bonchev–Trinajstić information content (AvgIpc) is 2.39. The number of carbonyl (C=O) groups excluding carboxylic acids is 2. The van der Waals surface area contributed by atoms with Gasteiger partial charge in [0, 0.05) is 12.7 Å². The van der Waals surface area contributed by atoms with E-state index >= 15 is 0 Å². The number of esters is 1. The van der Waals surface area contributed by atoms with Crippen molar-refractivity contribution in [3.8, 4) is 0 Å². The summed E-state index contributed by atoms with van der Waals surface area (Å²) in [6.45, 7) is 0. The van der Waals surface area contributed by atoms with Crippen LogP contribution in [0.1, 0.15) is 22.0 Å². The molecule has 4 N–H and O–H groups in total. The second kappa shape index (κ2) is 6.13. The number of rotatable bonds is 5. The molecule has 0 bridgehead atoms. The fraction of sp³-hybridized carbons (Fsp3) is 0.333. The van der Waals surface area contributed by atoms with Crippen molar-refractivity contribution in [3.63, 3.8) is 0 Å². The third kappa shape index (κ3) is 3.06. The third-order valence-electron chi connectivity index (χ3n) is 2.59. The highest BCUT2D eigenvalue weighted by Crippen LogP contribution is 2.18. The zero-order valence-electron chi connectivity index (χ0n) is 10.3. The van der Waals surface area contributed by atoms with Gasteiger partial charge < -0.3 is 20.9 Å². The molecule has 6 nitrogen and oxygen atoms in total.